The number of rotatable bonds is 6. The molecule has 1 aliphatic heterocycles. The zero-order valence-electron chi connectivity index (χ0n) is 21.2. The third kappa shape index (κ3) is 7.57. The SMILES string of the molecule is CC(C)[C@@H]1CCC(C)(C)[C@H](/C=C/[C@@H]2C[C@H](CC(=O)OC(C)(C)C)OC(C)(C)O2)[C@H]1CO. The van der Waals surface area contributed by atoms with Gasteiger partial charge in [0.25, 0.3) is 0 Å². The number of hydrogen-bond acceptors (Lipinski definition) is 5. The van der Waals surface area contributed by atoms with Gasteiger partial charge in [-0.3, -0.25) is 4.79 Å². The largest absolute Gasteiger partial charge is 0.460 e. The molecule has 5 atom stereocenters. The molecular weight excluding hydrogens is 392 g/mol. The molecule has 1 heterocycles. The van der Waals surface area contributed by atoms with Gasteiger partial charge in [0.2, 0.25) is 0 Å². The van der Waals surface area contributed by atoms with Gasteiger partial charge in [-0.2, -0.15) is 0 Å². The molecule has 0 unspecified atom stereocenters. The lowest BCUT2D eigenvalue weighted by Crippen LogP contribution is -2.45. The molecule has 2 aliphatic rings. The maximum absolute atomic E-state index is 12.3. The molecular formula is C26H46O5. The number of esters is 1. The lowest BCUT2D eigenvalue weighted by Gasteiger charge is -2.48. The Hall–Kier alpha value is -0.910. The summed E-state index contributed by atoms with van der Waals surface area (Å²) in [6.07, 6.45) is 7.19. The number of aliphatic hydroxyl groups excluding tert-OH is 1. The molecule has 0 aromatic rings. The predicted molar refractivity (Wildman–Crippen MR) is 123 cm³/mol. The van der Waals surface area contributed by atoms with Crippen LogP contribution in [0.4, 0.5) is 0 Å². The molecule has 0 bridgehead atoms. The first-order chi connectivity index (χ1) is 14.1. The highest BCUT2D eigenvalue weighted by atomic mass is 16.7. The summed E-state index contributed by atoms with van der Waals surface area (Å²) in [5.41, 5.74) is -0.373. The minimum atomic E-state index is -0.765. The summed E-state index contributed by atoms with van der Waals surface area (Å²) >= 11 is 0. The molecule has 2 fully saturated rings. The third-order valence-electron chi connectivity index (χ3n) is 6.83. The monoisotopic (exact) mass is 438 g/mol. The lowest BCUT2D eigenvalue weighted by molar-refractivity contribution is -0.290. The van der Waals surface area contributed by atoms with Crippen molar-refractivity contribution in [3.63, 3.8) is 0 Å². The number of aliphatic hydroxyl groups is 1. The summed E-state index contributed by atoms with van der Waals surface area (Å²) in [5.74, 6) is 0.619. The van der Waals surface area contributed by atoms with Crippen LogP contribution >= 0.6 is 0 Å². The van der Waals surface area contributed by atoms with Crippen LogP contribution in [0.2, 0.25) is 0 Å². The van der Waals surface area contributed by atoms with Crippen LogP contribution in [0.1, 0.15) is 88.0 Å². The minimum Gasteiger partial charge on any atom is -0.460 e. The summed E-state index contributed by atoms with van der Waals surface area (Å²) in [6, 6.07) is 0. The Bertz CT molecular complexity index is 628. The zero-order chi connectivity index (χ0) is 23.6. The van der Waals surface area contributed by atoms with E-state index in [2.05, 4.69) is 39.8 Å². The van der Waals surface area contributed by atoms with Crippen molar-refractivity contribution in [3.05, 3.63) is 12.2 Å². The molecule has 5 heteroatoms. The highest BCUT2D eigenvalue weighted by Gasteiger charge is 2.43. The number of ether oxygens (including phenoxy) is 3. The van der Waals surface area contributed by atoms with Crippen molar-refractivity contribution in [1.29, 1.82) is 0 Å². The van der Waals surface area contributed by atoms with Crippen molar-refractivity contribution < 1.29 is 24.1 Å². The molecule has 1 saturated carbocycles. The molecule has 0 spiro atoms. The fourth-order valence-corrected chi connectivity index (χ4v) is 5.45. The Kier molecular flexibility index (Phi) is 8.43. The van der Waals surface area contributed by atoms with Gasteiger partial charge in [0.1, 0.15) is 5.60 Å². The van der Waals surface area contributed by atoms with Crippen molar-refractivity contribution in [2.45, 2.75) is 112 Å². The van der Waals surface area contributed by atoms with Gasteiger partial charge >= 0.3 is 5.97 Å². The van der Waals surface area contributed by atoms with Gasteiger partial charge in [0.15, 0.2) is 5.79 Å². The van der Waals surface area contributed by atoms with Crippen LogP contribution in [0, 0.1) is 29.1 Å². The number of carbonyl (C=O) groups is 1. The fraction of sp³-hybridized carbons (Fsp3) is 0.885. The summed E-state index contributed by atoms with van der Waals surface area (Å²) in [6.45, 7) is 18.8. The average Bonchev–Trinajstić information content (AvgIpc) is 2.56. The van der Waals surface area contributed by atoms with E-state index < -0.39 is 11.4 Å². The van der Waals surface area contributed by atoms with Crippen LogP contribution in [-0.2, 0) is 19.0 Å². The molecule has 180 valence electrons. The maximum atomic E-state index is 12.3. The lowest BCUT2D eigenvalue weighted by atomic mass is 9.57. The van der Waals surface area contributed by atoms with E-state index in [-0.39, 0.29) is 48.5 Å². The predicted octanol–water partition coefficient (Wildman–Crippen LogP) is 5.50. The molecule has 2 rings (SSSR count). The first kappa shape index (κ1) is 26.3. The highest BCUT2D eigenvalue weighted by molar-refractivity contribution is 5.70. The zero-order valence-corrected chi connectivity index (χ0v) is 21.2. The van der Waals surface area contributed by atoms with E-state index in [9.17, 15) is 9.90 Å². The van der Waals surface area contributed by atoms with E-state index in [4.69, 9.17) is 14.2 Å². The summed E-state index contributed by atoms with van der Waals surface area (Å²) in [7, 11) is 0. The van der Waals surface area contributed by atoms with Crippen molar-refractivity contribution in [3.8, 4) is 0 Å². The highest BCUT2D eigenvalue weighted by Crippen LogP contribution is 2.49. The third-order valence-corrected chi connectivity index (χ3v) is 6.83. The number of carbonyl (C=O) groups excluding carboxylic acids is 1. The van der Waals surface area contributed by atoms with Crippen LogP contribution in [0.5, 0.6) is 0 Å². The van der Waals surface area contributed by atoms with E-state index in [1.54, 1.807) is 0 Å². The second-order valence-corrected chi connectivity index (χ2v) is 12.0. The Morgan fingerprint density at radius 2 is 1.81 bits per heavy atom. The second-order valence-electron chi connectivity index (χ2n) is 12.0. The van der Waals surface area contributed by atoms with Crippen molar-refractivity contribution >= 4 is 5.97 Å². The van der Waals surface area contributed by atoms with E-state index >= 15 is 0 Å². The van der Waals surface area contributed by atoms with E-state index in [1.165, 1.54) is 6.42 Å². The quantitative estimate of drug-likeness (QED) is 0.438. The van der Waals surface area contributed by atoms with E-state index in [0.717, 1.165) is 6.42 Å². The Morgan fingerprint density at radius 3 is 2.35 bits per heavy atom. The van der Waals surface area contributed by atoms with Crippen LogP contribution < -0.4 is 0 Å². The average molecular weight is 439 g/mol. The number of hydrogen-bond donors (Lipinski definition) is 1. The van der Waals surface area contributed by atoms with Gasteiger partial charge < -0.3 is 19.3 Å². The van der Waals surface area contributed by atoms with Gasteiger partial charge in [0, 0.05) is 13.0 Å². The molecule has 1 saturated heterocycles. The Morgan fingerprint density at radius 1 is 1.16 bits per heavy atom. The van der Waals surface area contributed by atoms with Crippen LogP contribution in [0.3, 0.4) is 0 Å². The summed E-state index contributed by atoms with van der Waals surface area (Å²) < 4.78 is 17.7. The number of allylic oxidation sites excluding steroid dienone is 1. The van der Waals surface area contributed by atoms with E-state index in [1.807, 2.05) is 34.6 Å². The second kappa shape index (κ2) is 9.93. The van der Waals surface area contributed by atoms with Crippen LogP contribution in [-0.4, -0.2) is 41.3 Å². The molecule has 5 nitrogen and oxygen atoms in total. The summed E-state index contributed by atoms with van der Waals surface area (Å²) in [5, 5.41) is 10.2. The Balaban J connectivity index is 2.13. The van der Waals surface area contributed by atoms with Gasteiger partial charge in [-0.1, -0.05) is 39.8 Å². The van der Waals surface area contributed by atoms with Gasteiger partial charge in [-0.15, -0.1) is 0 Å². The molecule has 1 N–H and O–H groups in total. The van der Waals surface area contributed by atoms with Crippen LogP contribution in [0.15, 0.2) is 12.2 Å². The fourth-order valence-electron chi connectivity index (χ4n) is 5.45. The maximum Gasteiger partial charge on any atom is 0.308 e. The Labute approximate surface area is 189 Å². The van der Waals surface area contributed by atoms with Crippen molar-refractivity contribution in [2.24, 2.45) is 29.1 Å². The normalized spacial score (nSPS) is 33.6. The van der Waals surface area contributed by atoms with Crippen molar-refractivity contribution in [2.75, 3.05) is 6.61 Å². The molecule has 1 aliphatic carbocycles. The summed E-state index contributed by atoms with van der Waals surface area (Å²) in [4.78, 5) is 12.3. The van der Waals surface area contributed by atoms with Gasteiger partial charge in [0.05, 0.1) is 18.6 Å². The molecule has 0 aromatic heterocycles. The smallest absolute Gasteiger partial charge is 0.308 e. The first-order valence-corrected chi connectivity index (χ1v) is 12.0. The molecule has 0 aromatic carbocycles. The van der Waals surface area contributed by atoms with Gasteiger partial charge in [-0.05, 0) is 76.5 Å². The molecule has 0 amide bonds. The minimum absolute atomic E-state index is 0.131. The van der Waals surface area contributed by atoms with Gasteiger partial charge in [-0.25, -0.2) is 0 Å². The first-order valence-electron chi connectivity index (χ1n) is 12.0. The molecule has 0 radical (unpaired) electrons. The van der Waals surface area contributed by atoms with Crippen molar-refractivity contribution in [1.82, 2.24) is 0 Å². The molecule has 31 heavy (non-hydrogen) atoms. The topological polar surface area (TPSA) is 65.0 Å². The van der Waals surface area contributed by atoms with E-state index in [0.29, 0.717) is 18.3 Å². The standard InChI is InChI=1S/C26H46O5/c1-17(2)20-12-13-25(6,7)22(21(20)16-27)11-10-18-14-19(30-26(8,9)29-18)15-23(28)31-24(3,4)5/h10-11,17-22,27H,12-16H2,1-9H3/b11-10+/t18-,19-,20+,21+,22-/m1/s1. The van der Waals surface area contributed by atoms with Crippen LogP contribution in [0.25, 0.3) is 0 Å².